The molecule has 0 aromatic heterocycles. The molecule has 0 bridgehead atoms. The molecule has 1 atom stereocenters. The molecular formula is C18H24F3NO4. The lowest BCUT2D eigenvalue weighted by atomic mass is 9.99. The maximum Gasteiger partial charge on any atom is 0.573 e. The third-order valence-corrected chi connectivity index (χ3v) is 3.71. The predicted molar refractivity (Wildman–Crippen MR) is 89.2 cm³/mol. The van der Waals surface area contributed by atoms with Gasteiger partial charge in [0.15, 0.2) is 0 Å². The fraction of sp³-hybridized carbons (Fsp3) is 0.611. The third kappa shape index (κ3) is 7.01. The van der Waals surface area contributed by atoms with Gasteiger partial charge in [0.2, 0.25) is 0 Å². The zero-order valence-electron chi connectivity index (χ0n) is 15.1. The fourth-order valence-electron chi connectivity index (χ4n) is 2.65. The molecule has 1 amide bonds. The molecule has 1 aromatic rings. The average molecular weight is 375 g/mol. The standard InChI is InChI=1S/C18H24F3NO4/c1-17(2,3)26-16(23)22-10-4-5-13(11-22)12-24-14-6-8-15(9-7-14)25-18(19,20)21/h6-9,13H,4-5,10-12H2,1-3H3/t13-/m0/s1. The Balaban J connectivity index is 1.82. The van der Waals surface area contributed by atoms with E-state index in [4.69, 9.17) is 9.47 Å². The van der Waals surface area contributed by atoms with Crippen molar-refractivity contribution in [2.75, 3.05) is 19.7 Å². The summed E-state index contributed by atoms with van der Waals surface area (Å²) in [4.78, 5) is 13.8. The lowest BCUT2D eigenvalue weighted by Crippen LogP contribution is -2.44. The van der Waals surface area contributed by atoms with Crippen LogP contribution in [-0.4, -0.2) is 42.7 Å². The smallest absolute Gasteiger partial charge is 0.493 e. The van der Waals surface area contributed by atoms with Gasteiger partial charge >= 0.3 is 12.5 Å². The molecule has 1 aliphatic heterocycles. The Morgan fingerprint density at radius 3 is 2.35 bits per heavy atom. The summed E-state index contributed by atoms with van der Waals surface area (Å²) in [6.45, 7) is 7.02. The van der Waals surface area contributed by atoms with Crippen LogP contribution in [0.25, 0.3) is 0 Å². The van der Waals surface area contributed by atoms with E-state index < -0.39 is 12.0 Å². The number of benzene rings is 1. The van der Waals surface area contributed by atoms with Crippen LogP contribution in [0, 0.1) is 5.92 Å². The number of piperidine rings is 1. The molecule has 146 valence electrons. The maximum atomic E-state index is 12.1. The van der Waals surface area contributed by atoms with Gasteiger partial charge in [-0.2, -0.15) is 0 Å². The molecule has 0 aliphatic carbocycles. The number of ether oxygens (including phenoxy) is 3. The monoisotopic (exact) mass is 375 g/mol. The summed E-state index contributed by atoms with van der Waals surface area (Å²) >= 11 is 0. The SMILES string of the molecule is CC(C)(C)OC(=O)N1CCC[C@H](COc2ccc(OC(F)(F)F)cc2)C1. The second kappa shape index (κ2) is 8.05. The minimum atomic E-state index is -4.71. The van der Waals surface area contributed by atoms with E-state index >= 15 is 0 Å². The first-order valence-electron chi connectivity index (χ1n) is 8.48. The van der Waals surface area contributed by atoms with Crippen molar-refractivity contribution in [3.05, 3.63) is 24.3 Å². The second-order valence-electron chi connectivity index (χ2n) is 7.26. The van der Waals surface area contributed by atoms with E-state index in [0.717, 1.165) is 12.8 Å². The van der Waals surface area contributed by atoms with Crippen LogP contribution in [0.1, 0.15) is 33.6 Å². The van der Waals surface area contributed by atoms with Crippen LogP contribution in [0.15, 0.2) is 24.3 Å². The van der Waals surface area contributed by atoms with Crippen molar-refractivity contribution in [2.24, 2.45) is 5.92 Å². The summed E-state index contributed by atoms with van der Waals surface area (Å²) < 4.78 is 51.3. The van der Waals surface area contributed by atoms with Gasteiger partial charge in [-0.15, -0.1) is 13.2 Å². The highest BCUT2D eigenvalue weighted by atomic mass is 19.4. The third-order valence-electron chi connectivity index (χ3n) is 3.71. The number of hydrogen-bond donors (Lipinski definition) is 0. The van der Waals surface area contributed by atoms with Gasteiger partial charge in [0, 0.05) is 19.0 Å². The molecule has 0 unspecified atom stereocenters. The van der Waals surface area contributed by atoms with E-state index in [9.17, 15) is 18.0 Å². The Kier molecular flexibility index (Phi) is 6.26. The Hall–Kier alpha value is -2.12. The summed E-state index contributed by atoms with van der Waals surface area (Å²) in [6, 6.07) is 5.26. The first-order valence-corrected chi connectivity index (χ1v) is 8.48. The number of alkyl halides is 3. The number of carbonyl (C=O) groups excluding carboxylic acids is 1. The second-order valence-corrected chi connectivity index (χ2v) is 7.26. The predicted octanol–water partition coefficient (Wildman–Crippen LogP) is 4.61. The zero-order valence-corrected chi connectivity index (χ0v) is 15.1. The molecule has 26 heavy (non-hydrogen) atoms. The Morgan fingerprint density at radius 1 is 1.15 bits per heavy atom. The molecule has 0 radical (unpaired) electrons. The molecule has 1 saturated heterocycles. The Labute approximate surface area is 151 Å². The molecule has 2 rings (SSSR count). The zero-order chi connectivity index (χ0) is 19.4. The van der Waals surface area contributed by atoms with Crippen molar-refractivity contribution in [1.29, 1.82) is 0 Å². The van der Waals surface area contributed by atoms with Crippen molar-refractivity contribution in [2.45, 2.75) is 45.6 Å². The molecule has 1 heterocycles. The number of amides is 1. The molecule has 1 aromatic carbocycles. The first-order chi connectivity index (χ1) is 12.0. The molecule has 1 fully saturated rings. The van der Waals surface area contributed by atoms with Crippen molar-refractivity contribution in [3.8, 4) is 11.5 Å². The average Bonchev–Trinajstić information content (AvgIpc) is 2.51. The van der Waals surface area contributed by atoms with Crippen LogP contribution in [0.2, 0.25) is 0 Å². The lowest BCUT2D eigenvalue weighted by Gasteiger charge is -2.34. The molecule has 0 spiro atoms. The fourth-order valence-corrected chi connectivity index (χ4v) is 2.65. The normalized spacial score (nSPS) is 18.4. The van der Waals surface area contributed by atoms with Gasteiger partial charge in [-0.1, -0.05) is 0 Å². The van der Waals surface area contributed by atoms with Crippen LogP contribution in [0.5, 0.6) is 11.5 Å². The van der Waals surface area contributed by atoms with Gasteiger partial charge in [0.05, 0.1) is 6.61 Å². The highest BCUT2D eigenvalue weighted by Gasteiger charge is 2.31. The molecule has 8 heteroatoms. The lowest BCUT2D eigenvalue weighted by molar-refractivity contribution is -0.274. The molecule has 5 nitrogen and oxygen atoms in total. The summed E-state index contributed by atoms with van der Waals surface area (Å²) in [7, 11) is 0. The van der Waals surface area contributed by atoms with Gasteiger partial charge in [-0.05, 0) is 57.9 Å². The Bertz CT molecular complexity index is 596. The molecular weight excluding hydrogens is 351 g/mol. The molecule has 0 saturated carbocycles. The topological polar surface area (TPSA) is 48.0 Å². The van der Waals surface area contributed by atoms with E-state index in [0.29, 0.717) is 25.4 Å². The van der Waals surface area contributed by atoms with E-state index in [1.54, 1.807) is 4.90 Å². The minimum Gasteiger partial charge on any atom is -0.493 e. The van der Waals surface area contributed by atoms with Crippen molar-refractivity contribution in [3.63, 3.8) is 0 Å². The number of carbonyl (C=O) groups is 1. The summed E-state index contributed by atoms with van der Waals surface area (Å²) in [6.07, 6.45) is -3.29. The van der Waals surface area contributed by atoms with Gasteiger partial charge in [-0.3, -0.25) is 0 Å². The summed E-state index contributed by atoms with van der Waals surface area (Å²) in [5.74, 6) is 0.301. The summed E-state index contributed by atoms with van der Waals surface area (Å²) in [5.41, 5.74) is -0.541. The van der Waals surface area contributed by atoms with E-state index in [2.05, 4.69) is 4.74 Å². The number of nitrogens with zero attached hydrogens (tertiary/aromatic N) is 1. The van der Waals surface area contributed by atoms with Crippen molar-refractivity contribution in [1.82, 2.24) is 4.90 Å². The Morgan fingerprint density at radius 2 is 1.77 bits per heavy atom. The highest BCUT2D eigenvalue weighted by molar-refractivity contribution is 5.68. The van der Waals surface area contributed by atoms with Crippen molar-refractivity contribution >= 4 is 6.09 Å². The number of rotatable bonds is 4. The number of hydrogen-bond acceptors (Lipinski definition) is 4. The molecule has 0 N–H and O–H groups in total. The minimum absolute atomic E-state index is 0.141. The number of likely N-dealkylation sites (tertiary alicyclic amines) is 1. The molecule has 1 aliphatic rings. The van der Waals surface area contributed by atoms with Gasteiger partial charge in [-0.25, -0.2) is 4.79 Å². The quantitative estimate of drug-likeness (QED) is 0.771. The summed E-state index contributed by atoms with van der Waals surface area (Å²) in [5, 5.41) is 0. The van der Waals surface area contributed by atoms with E-state index in [-0.39, 0.29) is 17.8 Å². The van der Waals surface area contributed by atoms with Gasteiger partial charge < -0.3 is 19.1 Å². The van der Waals surface area contributed by atoms with Crippen LogP contribution < -0.4 is 9.47 Å². The largest absolute Gasteiger partial charge is 0.573 e. The van der Waals surface area contributed by atoms with Gasteiger partial charge in [0.1, 0.15) is 17.1 Å². The maximum absolute atomic E-state index is 12.1. The van der Waals surface area contributed by atoms with Crippen LogP contribution in [0.4, 0.5) is 18.0 Å². The van der Waals surface area contributed by atoms with Crippen LogP contribution in [-0.2, 0) is 4.74 Å². The van der Waals surface area contributed by atoms with Crippen LogP contribution in [0.3, 0.4) is 0 Å². The van der Waals surface area contributed by atoms with Crippen LogP contribution >= 0.6 is 0 Å². The van der Waals surface area contributed by atoms with Crippen molar-refractivity contribution < 1.29 is 32.2 Å². The highest BCUT2D eigenvalue weighted by Crippen LogP contribution is 2.26. The first kappa shape index (κ1) is 20.2. The van der Waals surface area contributed by atoms with E-state index in [1.807, 2.05) is 20.8 Å². The number of halogens is 3. The van der Waals surface area contributed by atoms with E-state index in [1.165, 1.54) is 24.3 Å². The van der Waals surface area contributed by atoms with Gasteiger partial charge in [0.25, 0.3) is 0 Å².